The molecule has 4 heteroatoms. The van der Waals surface area contributed by atoms with Crippen LogP contribution < -0.4 is 0 Å². The lowest BCUT2D eigenvalue weighted by molar-refractivity contribution is 0.0979. The van der Waals surface area contributed by atoms with Crippen LogP contribution in [0.1, 0.15) is 31.8 Å². The molecule has 1 aliphatic rings. The molecule has 0 radical (unpaired) electrons. The van der Waals surface area contributed by atoms with E-state index in [4.69, 9.17) is 5.53 Å². The molecule has 0 atom stereocenters. The first-order chi connectivity index (χ1) is 8.74. The third-order valence-electron chi connectivity index (χ3n) is 3.04. The molecular formula is C14H7N2O2-. The normalized spacial score (nSPS) is 12.9. The highest BCUT2D eigenvalue weighted by molar-refractivity contribution is 6.29. The van der Waals surface area contributed by atoms with E-state index in [1.54, 1.807) is 36.4 Å². The van der Waals surface area contributed by atoms with Crippen molar-refractivity contribution in [1.82, 2.24) is 0 Å². The fourth-order valence-electron chi connectivity index (χ4n) is 2.21. The minimum atomic E-state index is -0.284. The summed E-state index contributed by atoms with van der Waals surface area (Å²) < 4.78 is 0. The molecule has 0 unspecified atom stereocenters. The number of carbonyl (C=O) groups is 2. The second kappa shape index (κ2) is 3.70. The van der Waals surface area contributed by atoms with Gasteiger partial charge in [-0.05, 0) is 6.07 Å². The average molecular weight is 235 g/mol. The summed E-state index contributed by atoms with van der Waals surface area (Å²) in [6.45, 7) is 0. The van der Waals surface area contributed by atoms with E-state index in [0.29, 0.717) is 11.1 Å². The van der Waals surface area contributed by atoms with Gasteiger partial charge in [-0.2, -0.15) is 0 Å². The molecule has 0 amide bonds. The number of rotatable bonds is 1. The van der Waals surface area contributed by atoms with Crippen LogP contribution >= 0.6 is 0 Å². The van der Waals surface area contributed by atoms with Crippen LogP contribution in [0.4, 0.5) is 5.69 Å². The molecule has 0 aromatic heterocycles. The maximum atomic E-state index is 12.3. The first kappa shape index (κ1) is 10.5. The van der Waals surface area contributed by atoms with Crippen LogP contribution in [0.3, 0.4) is 0 Å². The van der Waals surface area contributed by atoms with Crippen LogP contribution in [0.25, 0.3) is 5.53 Å². The Morgan fingerprint density at radius 3 is 2.06 bits per heavy atom. The third kappa shape index (κ3) is 1.26. The van der Waals surface area contributed by atoms with Gasteiger partial charge in [0.05, 0.1) is 11.3 Å². The number of nitrogens with zero attached hydrogens (tertiary/aromatic N) is 2. The van der Waals surface area contributed by atoms with Gasteiger partial charge in [-0.3, -0.25) is 9.59 Å². The summed E-state index contributed by atoms with van der Waals surface area (Å²) in [5.74, 6) is -0.501. The van der Waals surface area contributed by atoms with Crippen LogP contribution in [0.5, 0.6) is 0 Å². The monoisotopic (exact) mass is 235 g/mol. The zero-order chi connectivity index (χ0) is 12.7. The van der Waals surface area contributed by atoms with Crippen molar-refractivity contribution in [3.05, 3.63) is 70.2 Å². The Balaban J connectivity index is 2.37. The van der Waals surface area contributed by atoms with E-state index in [-0.39, 0.29) is 28.4 Å². The van der Waals surface area contributed by atoms with Crippen molar-refractivity contribution in [2.75, 3.05) is 0 Å². The molecule has 86 valence electrons. The molecular weight excluding hydrogens is 228 g/mol. The van der Waals surface area contributed by atoms with Crippen LogP contribution in [0, 0.1) is 0 Å². The standard InChI is InChI=1S/C14H7N2O2/c15-16-11-7-3-6-10-12(11)14(18)9-5-2-1-4-8(9)13(10)17/h1-7H/q-1. The second-order valence-electron chi connectivity index (χ2n) is 4.00. The van der Waals surface area contributed by atoms with Gasteiger partial charge in [0.25, 0.3) is 0 Å². The van der Waals surface area contributed by atoms with Crippen molar-refractivity contribution in [3.8, 4) is 0 Å². The zero-order valence-corrected chi connectivity index (χ0v) is 9.25. The van der Waals surface area contributed by atoms with Gasteiger partial charge in [0, 0.05) is 16.7 Å². The molecule has 2 aromatic rings. The van der Waals surface area contributed by atoms with Gasteiger partial charge >= 0.3 is 0 Å². The molecule has 0 saturated carbocycles. The van der Waals surface area contributed by atoms with Gasteiger partial charge < -0.3 is 10.6 Å². The van der Waals surface area contributed by atoms with Gasteiger partial charge in [0.2, 0.25) is 0 Å². The number of carbonyl (C=O) groups excluding carboxylic acids is 2. The fraction of sp³-hybridized carbons (Fsp3) is 0. The lowest BCUT2D eigenvalue weighted by atomic mass is 9.83. The maximum Gasteiger partial charge on any atom is 0.196 e. The molecule has 2 aromatic carbocycles. The van der Waals surface area contributed by atoms with E-state index in [1.807, 2.05) is 0 Å². The van der Waals surface area contributed by atoms with Crippen molar-refractivity contribution in [3.63, 3.8) is 0 Å². The molecule has 4 nitrogen and oxygen atoms in total. The predicted octanol–water partition coefficient (Wildman–Crippen LogP) is 3.12. The minimum absolute atomic E-state index is 0.125. The lowest BCUT2D eigenvalue weighted by Crippen LogP contribution is -2.20. The summed E-state index contributed by atoms with van der Waals surface area (Å²) >= 11 is 0. The minimum Gasteiger partial charge on any atom is -0.706 e. The highest BCUT2D eigenvalue weighted by Gasteiger charge is 2.30. The summed E-state index contributed by atoms with van der Waals surface area (Å²) in [5.41, 5.74) is 10.2. The molecule has 0 spiro atoms. The summed E-state index contributed by atoms with van der Waals surface area (Å²) in [4.78, 5) is 24.6. The number of hydrogen-bond donors (Lipinski definition) is 0. The molecule has 0 aliphatic heterocycles. The molecule has 0 N–H and O–H groups in total. The van der Waals surface area contributed by atoms with Crippen molar-refractivity contribution in [2.24, 2.45) is 5.11 Å². The first-order valence-electron chi connectivity index (χ1n) is 5.40. The lowest BCUT2D eigenvalue weighted by Gasteiger charge is -2.19. The van der Waals surface area contributed by atoms with Crippen molar-refractivity contribution < 1.29 is 9.59 Å². The topological polar surface area (TPSA) is 68.8 Å². The summed E-state index contributed by atoms with van der Waals surface area (Å²) in [7, 11) is 0. The van der Waals surface area contributed by atoms with E-state index in [1.165, 1.54) is 6.07 Å². The Labute approximate surface area is 103 Å². The third-order valence-corrected chi connectivity index (χ3v) is 3.04. The Bertz CT molecular complexity index is 705. The maximum absolute atomic E-state index is 12.3. The smallest absolute Gasteiger partial charge is 0.196 e. The van der Waals surface area contributed by atoms with Crippen molar-refractivity contribution in [2.45, 2.75) is 0 Å². The molecule has 3 rings (SSSR count). The SMILES string of the molecule is [N-]=Nc1cccc2c1C(=O)c1ccccc1C2=O. The van der Waals surface area contributed by atoms with Gasteiger partial charge in [-0.25, -0.2) is 0 Å². The molecule has 0 fully saturated rings. The molecule has 1 aliphatic carbocycles. The van der Waals surface area contributed by atoms with E-state index in [9.17, 15) is 9.59 Å². The summed E-state index contributed by atoms with van der Waals surface area (Å²) in [5, 5.41) is 3.07. The van der Waals surface area contributed by atoms with E-state index >= 15 is 0 Å². The average Bonchev–Trinajstić information content (AvgIpc) is 2.44. The molecule has 0 bridgehead atoms. The first-order valence-corrected chi connectivity index (χ1v) is 5.40. The zero-order valence-electron chi connectivity index (χ0n) is 9.25. The van der Waals surface area contributed by atoms with E-state index in [2.05, 4.69) is 5.11 Å². The molecule has 0 heterocycles. The number of benzene rings is 2. The van der Waals surface area contributed by atoms with Crippen molar-refractivity contribution >= 4 is 17.3 Å². The van der Waals surface area contributed by atoms with Crippen LogP contribution in [0.15, 0.2) is 47.6 Å². The predicted molar refractivity (Wildman–Crippen MR) is 65.2 cm³/mol. The Kier molecular flexibility index (Phi) is 2.16. The number of ketones is 2. The quantitative estimate of drug-likeness (QED) is 0.608. The molecule has 0 saturated heterocycles. The van der Waals surface area contributed by atoms with Gasteiger partial charge in [-0.1, -0.05) is 36.4 Å². The Morgan fingerprint density at radius 1 is 0.778 bits per heavy atom. The highest BCUT2D eigenvalue weighted by atomic mass is 16.1. The van der Waals surface area contributed by atoms with E-state index in [0.717, 1.165) is 0 Å². The fourth-order valence-corrected chi connectivity index (χ4v) is 2.21. The van der Waals surface area contributed by atoms with Gasteiger partial charge in [0.1, 0.15) is 0 Å². The Hall–Kier alpha value is -2.62. The number of hydrogen-bond acceptors (Lipinski definition) is 3. The van der Waals surface area contributed by atoms with E-state index < -0.39 is 0 Å². The number of fused-ring (bicyclic) bond motifs is 2. The van der Waals surface area contributed by atoms with Crippen LogP contribution in [-0.2, 0) is 0 Å². The highest BCUT2D eigenvalue weighted by Crippen LogP contribution is 2.32. The summed E-state index contributed by atoms with van der Waals surface area (Å²) in [6, 6.07) is 11.3. The van der Waals surface area contributed by atoms with Crippen molar-refractivity contribution in [1.29, 1.82) is 0 Å². The summed E-state index contributed by atoms with van der Waals surface area (Å²) in [6.07, 6.45) is 0. The van der Waals surface area contributed by atoms with Crippen LogP contribution in [0.2, 0.25) is 0 Å². The van der Waals surface area contributed by atoms with Gasteiger partial charge in [0.15, 0.2) is 11.6 Å². The van der Waals surface area contributed by atoms with Crippen LogP contribution in [-0.4, -0.2) is 11.6 Å². The molecule has 18 heavy (non-hydrogen) atoms. The largest absolute Gasteiger partial charge is 0.706 e. The van der Waals surface area contributed by atoms with Gasteiger partial charge in [-0.15, -0.1) is 0 Å². The Morgan fingerprint density at radius 2 is 1.39 bits per heavy atom. The second-order valence-corrected chi connectivity index (χ2v) is 4.00.